The minimum Gasteiger partial charge on any atom is -0.385 e. The third-order valence-electron chi connectivity index (χ3n) is 2.25. The summed E-state index contributed by atoms with van der Waals surface area (Å²) < 4.78 is 8.11. The summed E-state index contributed by atoms with van der Waals surface area (Å²) in [6.07, 6.45) is 6.05. The van der Waals surface area contributed by atoms with Gasteiger partial charge in [0, 0.05) is 30.6 Å². The SMILES string of the molecule is COCCCc1cn2ccc(Br)cc2n1. The molecule has 2 aromatic rings. The Hall–Kier alpha value is -0.870. The molecule has 0 saturated heterocycles. The molecule has 0 aliphatic carbocycles. The summed E-state index contributed by atoms with van der Waals surface area (Å²) in [5.41, 5.74) is 2.10. The van der Waals surface area contributed by atoms with Gasteiger partial charge < -0.3 is 9.14 Å². The van der Waals surface area contributed by atoms with E-state index in [2.05, 4.69) is 27.1 Å². The third-order valence-corrected chi connectivity index (χ3v) is 2.75. The Morgan fingerprint density at radius 1 is 1.53 bits per heavy atom. The van der Waals surface area contributed by atoms with Gasteiger partial charge in [0.2, 0.25) is 0 Å². The molecule has 0 amide bonds. The van der Waals surface area contributed by atoms with Crippen molar-refractivity contribution in [1.29, 1.82) is 0 Å². The number of pyridine rings is 1. The maximum atomic E-state index is 5.01. The molecule has 0 fully saturated rings. The number of nitrogens with zero attached hydrogens (tertiary/aromatic N) is 2. The summed E-state index contributed by atoms with van der Waals surface area (Å²) in [6.45, 7) is 0.789. The van der Waals surface area contributed by atoms with E-state index in [0.717, 1.165) is 35.3 Å². The number of imidazole rings is 1. The molecule has 3 nitrogen and oxygen atoms in total. The Labute approximate surface area is 97.2 Å². The lowest BCUT2D eigenvalue weighted by Crippen LogP contribution is -1.92. The molecule has 2 aromatic heterocycles. The fraction of sp³-hybridized carbons (Fsp3) is 0.364. The van der Waals surface area contributed by atoms with Crippen LogP contribution in [0, 0.1) is 0 Å². The molecule has 0 unspecified atom stereocenters. The van der Waals surface area contributed by atoms with Crippen LogP contribution in [0.3, 0.4) is 0 Å². The van der Waals surface area contributed by atoms with Crippen LogP contribution in [0.5, 0.6) is 0 Å². The van der Waals surface area contributed by atoms with Crippen LogP contribution in [0.2, 0.25) is 0 Å². The standard InChI is InChI=1S/C11H13BrN2O/c1-15-6-2-3-10-8-14-5-4-9(12)7-11(14)13-10/h4-5,7-8H,2-3,6H2,1H3. The molecule has 2 rings (SSSR count). The molecule has 0 aliphatic rings. The second-order valence-corrected chi connectivity index (χ2v) is 4.35. The second kappa shape index (κ2) is 4.77. The molecule has 0 atom stereocenters. The van der Waals surface area contributed by atoms with E-state index in [1.54, 1.807) is 7.11 Å². The first-order valence-corrected chi connectivity index (χ1v) is 5.71. The van der Waals surface area contributed by atoms with Crippen LogP contribution < -0.4 is 0 Å². The second-order valence-electron chi connectivity index (χ2n) is 3.44. The van der Waals surface area contributed by atoms with Gasteiger partial charge in [0.05, 0.1) is 5.69 Å². The van der Waals surface area contributed by atoms with Crippen LogP contribution in [0.25, 0.3) is 5.65 Å². The van der Waals surface area contributed by atoms with Crippen molar-refractivity contribution in [1.82, 2.24) is 9.38 Å². The summed E-state index contributed by atoms with van der Waals surface area (Å²) in [4.78, 5) is 4.52. The predicted octanol–water partition coefficient (Wildman–Crippen LogP) is 2.68. The zero-order chi connectivity index (χ0) is 10.7. The molecule has 15 heavy (non-hydrogen) atoms. The summed E-state index contributed by atoms with van der Waals surface area (Å²) in [5, 5.41) is 0. The Bertz CT molecular complexity index is 453. The highest BCUT2D eigenvalue weighted by Crippen LogP contribution is 2.13. The first-order valence-electron chi connectivity index (χ1n) is 4.91. The van der Waals surface area contributed by atoms with Gasteiger partial charge in [0.15, 0.2) is 0 Å². The molecular weight excluding hydrogens is 256 g/mol. The van der Waals surface area contributed by atoms with Crippen LogP contribution in [0.1, 0.15) is 12.1 Å². The molecule has 0 radical (unpaired) electrons. The molecule has 0 aromatic carbocycles. The number of ether oxygens (including phenoxy) is 1. The normalized spacial score (nSPS) is 11.1. The highest BCUT2D eigenvalue weighted by atomic mass is 79.9. The lowest BCUT2D eigenvalue weighted by molar-refractivity contribution is 0.195. The molecule has 0 aliphatic heterocycles. The Morgan fingerprint density at radius 3 is 3.20 bits per heavy atom. The van der Waals surface area contributed by atoms with Crippen molar-refractivity contribution in [2.75, 3.05) is 13.7 Å². The molecular formula is C11H13BrN2O. The van der Waals surface area contributed by atoms with Crippen molar-refractivity contribution in [3.8, 4) is 0 Å². The van der Waals surface area contributed by atoms with Gasteiger partial charge in [-0.3, -0.25) is 0 Å². The third kappa shape index (κ3) is 2.58. The lowest BCUT2D eigenvalue weighted by Gasteiger charge is -1.94. The van der Waals surface area contributed by atoms with Gasteiger partial charge in [-0.2, -0.15) is 0 Å². The average molecular weight is 269 g/mol. The van der Waals surface area contributed by atoms with Crippen molar-refractivity contribution in [3.05, 3.63) is 34.7 Å². The smallest absolute Gasteiger partial charge is 0.138 e. The molecule has 0 spiro atoms. The summed E-state index contributed by atoms with van der Waals surface area (Å²) in [6, 6.07) is 4.02. The van der Waals surface area contributed by atoms with E-state index in [1.807, 2.05) is 22.7 Å². The van der Waals surface area contributed by atoms with E-state index in [-0.39, 0.29) is 0 Å². The van der Waals surface area contributed by atoms with E-state index in [9.17, 15) is 0 Å². The van der Waals surface area contributed by atoms with E-state index in [0.29, 0.717) is 0 Å². The first kappa shape index (κ1) is 10.6. The Morgan fingerprint density at radius 2 is 2.40 bits per heavy atom. The highest BCUT2D eigenvalue weighted by Gasteiger charge is 2.01. The predicted molar refractivity (Wildman–Crippen MR) is 63.1 cm³/mol. The first-order chi connectivity index (χ1) is 7.29. The number of halogens is 1. The van der Waals surface area contributed by atoms with Gasteiger partial charge in [-0.1, -0.05) is 15.9 Å². The minimum atomic E-state index is 0.789. The van der Waals surface area contributed by atoms with Crippen LogP contribution in [0.4, 0.5) is 0 Å². The monoisotopic (exact) mass is 268 g/mol. The molecule has 0 saturated carbocycles. The number of hydrogen-bond acceptors (Lipinski definition) is 2. The summed E-state index contributed by atoms with van der Waals surface area (Å²) in [5.74, 6) is 0. The molecule has 0 N–H and O–H groups in total. The molecule has 4 heteroatoms. The van der Waals surface area contributed by atoms with Gasteiger partial charge in [-0.05, 0) is 25.0 Å². The number of rotatable bonds is 4. The maximum Gasteiger partial charge on any atom is 0.138 e. The Balaban J connectivity index is 2.16. The van der Waals surface area contributed by atoms with E-state index in [1.165, 1.54) is 0 Å². The van der Waals surface area contributed by atoms with Gasteiger partial charge in [0.1, 0.15) is 5.65 Å². The van der Waals surface area contributed by atoms with Gasteiger partial charge in [-0.15, -0.1) is 0 Å². The molecule has 2 heterocycles. The van der Waals surface area contributed by atoms with Crippen molar-refractivity contribution < 1.29 is 4.74 Å². The van der Waals surface area contributed by atoms with Crippen molar-refractivity contribution in [2.24, 2.45) is 0 Å². The number of fused-ring (bicyclic) bond motifs is 1. The summed E-state index contributed by atoms with van der Waals surface area (Å²) >= 11 is 3.43. The zero-order valence-corrected chi connectivity index (χ0v) is 10.2. The number of aryl methyl sites for hydroxylation is 1. The van der Waals surface area contributed by atoms with Crippen molar-refractivity contribution in [2.45, 2.75) is 12.8 Å². The minimum absolute atomic E-state index is 0.789. The van der Waals surface area contributed by atoms with E-state index < -0.39 is 0 Å². The number of methoxy groups -OCH3 is 1. The fourth-order valence-corrected chi connectivity index (χ4v) is 1.85. The maximum absolute atomic E-state index is 5.01. The van der Waals surface area contributed by atoms with Gasteiger partial charge in [0.25, 0.3) is 0 Å². The average Bonchev–Trinajstić information content (AvgIpc) is 2.60. The van der Waals surface area contributed by atoms with E-state index >= 15 is 0 Å². The number of hydrogen-bond donors (Lipinski definition) is 0. The van der Waals surface area contributed by atoms with Crippen LogP contribution >= 0.6 is 15.9 Å². The van der Waals surface area contributed by atoms with Crippen LogP contribution in [0.15, 0.2) is 29.0 Å². The lowest BCUT2D eigenvalue weighted by atomic mass is 10.3. The number of aromatic nitrogens is 2. The molecule has 80 valence electrons. The Kier molecular flexibility index (Phi) is 3.38. The highest BCUT2D eigenvalue weighted by molar-refractivity contribution is 9.10. The summed E-state index contributed by atoms with van der Waals surface area (Å²) in [7, 11) is 1.72. The fourth-order valence-electron chi connectivity index (χ4n) is 1.53. The zero-order valence-electron chi connectivity index (χ0n) is 8.61. The topological polar surface area (TPSA) is 26.5 Å². The van der Waals surface area contributed by atoms with E-state index in [4.69, 9.17) is 4.74 Å². The largest absolute Gasteiger partial charge is 0.385 e. The van der Waals surface area contributed by atoms with Crippen LogP contribution in [-0.2, 0) is 11.2 Å². The van der Waals surface area contributed by atoms with Crippen molar-refractivity contribution >= 4 is 21.6 Å². The van der Waals surface area contributed by atoms with Crippen LogP contribution in [-0.4, -0.2) is 23.1 Å². The molecule has 0 bridgehead atoms. The quantitative estimate of drug-likeness (QED) is 0.798. The van der Waals surface area contributed by atoms with Gasteiger partial charge in [-0.25, -0.2) is 4.98 Å². The van der Waals surface area contributed by atoms with Crippen molar-refractivity contribution in [3.63, 3.8) is 0 Å². The van der Waals surface area contributed by atoms with Gasteiger partial charge >= 0.3 is 0 Å².